The Kier molecular flexibility index (Phi) is 8.99. The predicted octanol–water partition coefficient (Wildman–Crippen LogP) is 2.83. The van der Waals surface area contributed by atoms with Crippen molar-refractivity contribution in [1.29, 1.82) is 0 Å². The third-order valence-corrected chi connectivity index (χ3v) is 5.67. The molecule has 0 spiro atoms. The maximum absolute atomic E-state index is 12.3. The predicted molar refractivity (Wildman–Crippen MR) is 121 cm³/mol. The molecule has 9 heteroatoms. The monoisotopic (exact) mass is 450 g/mol. The first kappa shape index (κ1) is 24.3. The number of benzene rings is 2. The van der Waals surface area contributed by atoms with Gasteiger partial charge >= 0.3 is 0 Å². The number of carbonyl (C=O) groups excluding carboxylic acids is 1. The van der Waals surface area contributed by atoms with Gasteiger partial charge in [0.1, 0.15) is 23.9 Å². The van der Waals surface area contributed by atoms with Gasteiger partial charge in [-0.05, 0) is 49.7 Å². The Balaban J connectivity index is 1.83. The van der Waals surface area contributed by atoms with Crippen LogP contribution in [0.15, 0.2) is 48.5 Å². The number of methoxy groups -OCH3 is 2. The van der Waals surface area contributed by atoms with E-state index >= 15 is 0 Å². The molecule has 0 saturated heterocycles. The molecule has 0 saturated carbocycles. The highest BCUT2D eigenvalue weighted by atomic mass is 32.2. The molecule has 0 aromatic heterocycles. The number of para-hydroxylation sites is 2. The van der Waals surface area contributed by atoms with Crippen molar-refractivity contribution in [1.82, 2.24) is 5.32 Å². The van der Waals surface area contributed by atoms with E-state index in [-0.39, 0.29) is 24.9 Å². The Hall–Kier alpha value is -2.94. The third kappa shape index (κ3) is 7.67. The van der Waals surface area contributed by atoms with Crippen molar-refractivity contribution in [3.63, 3.8) is 0 Å². The average molecular weight is 451 g/mol. The summed E-state index contributed by atoms with van der Waals surface area (Å²) in [7, 11) is -0.439. The fraction of sp³-hybridized carbons (Fsp3) is 0.409. The highest BCUT2D eigenvalue weighted by Gasteiger charge is 2.21. The molecule has 1 N–H and O–H groups in total. The Bertz CT molecular complexity index is 947. The first-order chi connectivity index (χ1) is 14.7. The zero-order chi connectivity index (χ0) is 22.9. The second-order valence-electron chi connectivity index (χ2n) is 7.07. The van der Waals surface area contributed by atoms with Crippen molar-refractivity contribution >= 4 is 21.6 Å². The summed E-state index contributed by atoms with van der Waals surface area (Å²) in [6, 6.07) is 13.9. The molecule has 8 nitrogen and oxygen atoms in total. The smallest absolute Gasteiger partial charge is 0.232 e. The minimum absolute atomic E-state index is 0.167. The summed E-state index contributed by atoms with van der Waals surface area (Å²) in [5, 5.41) is 2.87. The molecule has 1 unspecified atom stereocenters. The maximum atomic E-state index is 12.3. The SMILES string of the molecule is COc1ccc(OCC(C)NC(=O)CCCN(c2ccccc2OC)S(C)(=O)=O)cc1. The molecule has 0 radical (unpaired) electrons. The molecule has 0 fully saturated rings. The van der Waals surface area contributed by atoms with Gasteiger partial charge in [-0.25, -0.2) is 8.42 Å². The standard InChI is InChI=1S/C22H30N2O6S/c1-17(16-30-19-13-11-18(28-2)12-14-19)23-22(25)10-7-15-24(31(4,26)27)20-8-5-6-9-21(20)29-3/h5-6,8-9,11-14,17H,7,10,15-16H2,1-4H3,(H,23,25). The van der Waals surface area contributed by atoms with Gasteiger partial charge in [0.25, 0.3) is 0 Å². The maximum Gasteiger partial charge on any atom is 0.232 e. The summed E-state index contributed by atoms with van der Waals surface area (Å²) >= 11 is 0. The van der Waals surface area contributed by atoms with Crippen LogP contribution in [0.2, 0.25) is 0 Å². The average Bonchev–Trinajstić information content (AvgIpc) is 2.74. The number of amides is 1. The topological polar surface area (TPSA) is 94.2 Å². The van der Waals surface area contributed by atoms with E-state index in [1.165, 1.54) is 11.4 Å². The van der Waals surface area contributed by atoms with Gasteiger partial charge in [-0.2, -0.15) is 0 Å². The first-order valence-corrected chi connectivity index (χ1v) is 11.8. The van der Waals surface area contributed by atoms with Crippen molar-refractivity contribution in [2.24, 2.45) is 0 Å². The number of sulfonamides is 1. The van der Waals surface area contributed by atoms with Crippen molar-refractivity contribution in [2.45, 2.75) is 25.8 Å². The van der Waals surface area contributed by atoms with Crippen LogP contribution in [-0.2, 0) is 14.8 Å². The van der Waals surface area contributed by atoms with Gasteiger partial charge in [0.15, 0.2) is 0 Å². The fourth-order valence-electron chi connectivity index (χ4n) is 2.97. The van der Waals surface area contributed by atoms with Crippen LogP contribution < -0.4 is 23.8 Å². The Labute approximate surface area is 184 Å². The van der Waals surface area contributed by atoms with Crippen LogP contribution in [0, 0.1) is 0 Å². The largest absolute Gasteiger partial charge is 0.497 e. The molecular formula is C22H30N2O6S. The minimum Gasteiger partial charge on any atom is -0.497 e. The van der Waals surface area contributed by atoms with Gasteiger partial charge in [0.2, 0.25) is 15.9 Å². The Morgan fingerprint density at radius 1 is 1.03 bits per heavy atom. The molecule has 1 atom stereocenters. The number of nitrogens with zero attached hydrogens (tertiary/aromatic N) is 1. The van der Waals surface area contributed by atoms with E-state index in [0.717, 1.165) is 12.0 Å². The van der Waals surface area contributed by atoms with Gasteiger partial charge < -0.3 is 19.5 Å². The molecule has 2 rings (SSSR count). The normalized spacial score (nSPS) is 12.0. The lowest BCUT2D eigenvalue weighted by Crippen LogP contribution is -2.37. The molecule has 0 aliphatic rings. The highest BCUT2D eigenvalue weighted by molar-refractivity contribution is 7.92. The molecule has 170 valence electrons. The second kappa shape index (κ2) is 11.5. The summed E-state index contributed by atoms with van der Waals surface area (Å²) < 4.78 is 41.8. The fourth-order valence-corrected chi connectivity index (χ4v) is 3.93. The lowest BCUT2D eigenvalue weighted by Gasteiger charge is -2.24. The van der Waals surface area contributed by atoms with Gasteiger partial charge in [0, 0.05) is 13.0 Å². The minimum atomic E-state index is -3.52. The number of carbonyl (C=O) groups is 1. The van der Waals surface area contributed by atoms with E-state index in [2.05, 4.69) is 5.32 Å². The lowest BCUT2D eigenvalue weighted by molar-refractivity contribution is -0.121. The van der Waals surface area contributed by atoms with Crippen LogP contribution in [0.5, 0.6) is 17.2 Å². The summed E-state index contributed by atoms with van der Waals surface area (Å²) in [5.74, 6) is 1.72. The van der Waals surface area contributed by atoms with Crippen LogP contribution in [0.4, 0.5) is 5.69 Å². The molecule has 1 amide bonds. The molecular weight excluding hydrogens is 420 g/mol. The molecule has 0 bridgehead atoms. The number of hydrogen-bond acceptors (Lipinski definition) is 6. The van der Waals surface area contributed by atoms with Crippen molar-refractivity contribution in [3.05, 3.63) is 48.5 Å². The van der Waals surface area contributed by atoms with E-state index in [9.17, 15) is 13.2 Å². The van der Waals surface area contributed by atoms with Crippen molar-refractivity contribution in [3.8, 4) is 17.2 Å². The molecule has 0 aliphatic carbocycles. The molecule has 31 heavy (non-hydrogen) atoms. The molecule has 0 aliphatic heterocycles. The second-order valence-corrected chi connectivity index (χ2v) is 8.97. The van der Waals surface area contributed by atoms with Gasteiger partial charge in [-0.1, -0.05) is 12.1 Å². The van der Waals surface area contributed by atoms with Gasteiger partial charge in [0.05, 0.1) is 32.2 Å². The van der Waals surface area contributed by atoms with Crippen LogP contribution >= 0.6 is 0 Å². The van der Waals surface area contributed by atoms with Gasteiger partial charge in [-0.15, -0.1) is 0 Å². The Morgan fingerprint density at radius 3 is 2.29 bits per heavy atom. The lowest BCUT2D eigenvalue weighted by atomic mass is 10.2. The van der Waals surface area contributed by atoms with E-state index in [4.69, 9.17) is 14.2 Å². The first-order valence-electron chi connectivity index (χ1n) is 9.91. The van der Waals surface area contributed by atoms with E-state index < -0.39 is 10.0 Å². The number of nitrogens with one attached hydrogen (secondary N) is 1. The quantitative estimate of drug-likeness (QED) is 0.534. The van der Waals surface area contributed by atoms with Crippen LogP contribution in [0.1, 0.15) is 19.8 Å². The van der Waals surface area contributed by atoms with E-state index in [0.29, 0.717) is 30.2 Å². The van der Waals surface area contributed by atoms with Crippen LogP contribution in [-0.4, -0.2) is 54.0 Å². The molecule has 2 aromatic rings. The van der Waals surface area contributed by atoms with Crippen LogP contribution in [0.3, 0.4) is 0 Å². The number of rotatable bonds is 12. The summed E-state index contributed by atoms with van der Waals surface area (Å²) in [6.07, 6.45) is 1.69. The Morgan fingerprint density at radius 2 is 1.68 bits per heavy atom. The summed E-state index contributed by atoms with van der Waals surface area (Å²) in [4.78, 5) is 12.3. The summed E-state index contributed by atoms with van der Waals surface area (Å²) in [6.45, 7) is 2.33. The third-order valence-electron chi connectivity index (χ3n) is 4.49. The number of ether oxygens (including phenoxy) is 3. The van der Waals surface area contributed by atoms with Crippen molar-refractivity contribution < 1.29 is 27.4 Å². The summed E-state index contributed by atoms with van der Waals surface area (Å²) in [5.41, 5.74) is 0.453. The molecule has 0 heterocycles. The van der Waals surface area contributed by atoms with E-state index in [1.807, 2.05) is 6.92 Å². The zero-order valence-corrected chi connectivity index (χ0v) is 19.1. The molecule has 2 aromatic carbocycles. The zero-order valence-electron chi connectivity index (χ0n) is 18.3. The van der Waals surface area contributed by atoms with E-state index in [1.54, 1.807) is 55.6 Å². The highest BCUT2D eigenvalue weighted by Crippen LogP contribution is 2.29. The van der Waals surface area contributed by atoms with Gasteiger partial charge in [-0.3, -0.25) is 9.10 Å². The van der Waals surface area contributed by atoms with Crippen molar-refractivity contribution in [2.75, 3.05) is 37.9 Å². The number of hydrogen-bond donors (Lipinski definition) is 1. The van der Waals surface area contributed by atoms with Crippen LogP contribution in [0.25, 0.3) is 0 Å². The number of anilines is 1.